The van der Waals surface area contributed by atoms with E-state index in [2.05, 4.69) is 0 Å². The van der Waals surface area contributed by atoms with Crippen LogP contribution in [0.4, 0.5) is 10.1 Å². The van der Waals surface area contributed by atoms with Crippen molar-refractivity contribution in [3.63, 3.8) is 0 Å². The Hall–Kier alpha value is -3.06. The molecule has 0 saturated heterocycles. The van der Waals surface area contributed by atoms with Crippen molar-refractivity contribution in [1.82, 2.24) is 0 Å². The van der Waals surface area contributed by atoms with Gasteiger partial charge >= 0.3 is 0 Å². The Bertz CT molecular complexity index is 868. The third-order valence-corrected chi connectivity index (χ3v) is 3.20. The van der Waals surface area contributed by atoms with Gasteiger partial charge in [0.1, 0.15) is 5.75 Å². The first-order valence-electron chi connectivity index (χ1n) is 6.34. The van der Waals surface area contributed by atoms with E-state index in [0.717, 1.165) is 16.8 Å². The fraction of sp³-hybridized carbons (Fsp3) is 0. The van der Waals surface area contributed by atoms with Crippen LogP contribution in [0.1, 0.15) is 5.56 Å². The summed E-state index contributed by atoms with van der Waals surface area (Å²) >= 11 is 0. The Morgan fingerprint density at radius 3 is 2.38 bits per heavy atom. The number of halogens is 1. The standard InChI is InChI=1S/C17H11FN2O/c18-14-9-11(10-19)5-7-17(14)21-16-8-6-15(20)12-3-1-2-4-13(12)16/h1-9H,20H2. The fourth-order valence-corrected chi connectivity index (χ4v) is 2.16. The van der Waals surface area contributed by atoms with Gasteiger partial charge in [0.2, 0.25) is 0 Å². The molecule has 21 heavy (non-hydrogen) atoms. The minimum atomic E-state index is -0.574. The largest absolute Gasteiger partial charge is 0.454 e. The molecular formula is C17H11FN2O. The normalized spacial score (nSPS) is 10.3. The van der Waals surface area contributed by atoms with E-state index in [4.69, 9.17) is 15.7 Å². The summed E-state index contributed by atoms with van der Waals surface area (Å²) in [4.78, 5) is 0. The molecule has 3 rings (SSSR count). The smallest absolute Gasteiger partial charge is 0.167 e. The summed E-state index contributed by atoms with van der Waals surface area (Å²) in [7, 11) is 0. The van der Waals surface area contributed by atoms with E-state index >= 15 is 0 Å². The van der Waals surface area contributed by atoms with Gasteiger partial charge in [-0.1, -0.05) is 24.3 Å². The Kier molecular flexibility index (Phi) is 3.17. The molecule has 0 aliphatic rings. The third-order valence-electron chi connectivity index (χ3n) is 3.20. The quantitative estimate of drug-likeness (QED) is 0.714. The van der Waals surface area contributed by atoms with Gasteiger partial charge in [-0.3, -0.25) is 0 Å². The molecule has 3 aromatic carbocycles. The second-order valence-corrected chi connectivity index (χ2v) is 4.56. The average molecular weight is 278 g/mol. The second-order valence-electron chi connectivity index (χ2n) is 4.56. The molecular weight excluding hydrogens is 267 g/mol. The average Bonchev–Trinajstić information content (AvgIpc) is 2.52. The molecule has 0 heterocycles. The zero-order valence-corrected chi connectivity index (χ0v) is 11.0. The van der Waals surface area contributed by atoms with Gasteiger partial charge < -0.3 is 10.5 Å². The van der Waals surface area contributed by atoms with Crippen LogP contribution in [0.2, 0.25) is 0 Å². The molecule has 0 aliphatic carbocycles. The molecule has 0 amide bonds. The Balaban J connectivity index is 2.07. The minimum absolute atomic E-state index is 0.0731. The van der Waals surface area contributed by atoms with Crippen molar-refractivity contribution in [2.45, 2.75) is 0 Å². The van der Waals surface area contributed by atoms with Crippen LogP contribution in [0.5, 0.6) is 11.5 Å². The highest BCUT2D eigenvalue weighted by atomic mass is 19.1. The summed E-state index contributed by atoms with van der Waals surface area (Å²) in [5, 5.41) is 10.4. The first kappa shape index (κ1) is 12.9. The van der Waals surface area contributed by atoms with Crippen LogP contribution in [0.15, 0.2) is 54.6 Å². The molecule has 0 radical (unpaired) electrons. The molecule has 102 valence electrons. The summed E-state index contributed by atoms with van der Waals surface area (Å²) in [6.07, 6.45) is 0. The third kappa shape index (κ3) is 2.37. The highest BCUT2D eigenvalue weighted by molar-refractivity contribution is 5.97. The molecule has 0 saturated carbocycles. The van der Waals surface area contributed by atoms with Crippen LogP contribution in [0.3, 0.4) is 0 Å². The molecule has 2 N–H and O–H groups in total. The lowest BCUT2D eigenvalue weighted by atomic mass is 10.1. The van der Waals surface area contributed by atoms with Crippen molar-refractivity contribution >= 4 is 16.5 Å². The predicted molar refractivity (Wildman–Crippen MR) is 79.5 cm³/mol. The zero-order chi connectivity index (χ0) is 14.8. The van der Waals surface area contributed by atoms with E-state index in [-0.39, 0.29) is 11.3 Å². The van der Waals surface area contributed by atoms with Gasteiger partial charge in [0, 0.05) is 16.5 Å². The monoisotopic (exact) mass is 278 g/mol. The Labute approximate surface area is 121 Å². The van der Waals surface area contributed by atoms with Crippen LogP contribution < -0.4 is 10.5 Å². The molecule has 0 unspecified atom stereocenters. The Morgan fingerprint density at radius 1 is 0.952 bits per heavy atom. The van der Waals surface area contributed by atoms with Crippen molar-refractivity contribution in [3.8, 4) is 17.6 Å². The van der Waals surface area contributed by atoms with E-state index in [1.165, 1.54) is 12.1 Å². The van der Waals surface area contributed by atoms with Crippen molar-refractivity contribution in [3.05, 3.63) is 66.0 Å². The van der Waals surface area contributed by atoms with E-state index < -0.39 is 5.82 Å². The highest BCUT2D eigenvalue weighted by Gasteiger charge is 2.09. The van der Waals surface area contributed by atoms with Crippen molar-refractivity contribution in [1.29, 1.82) is 5.26 Å². The predicted octanol–water partition coefficient (Wildman–Crippen LogP) is 4.23. The fourth-order valence-electron chi connectivity index (χ4n) is 2.16. The molecule has 4 heteroatoms. The van der Waals surface area contributed by atoms with Crippen LogP contribution in [0, 0.1) is 17.1 Å². The number of hydrogen-bond acceptors (Lipinski definition) is 3. The molecule has 0 fully saturated rings. The van der Waals surface area contributed by atoms with Crippen LogP contribution >= 0.6 is 0 Å². The van der Waals surface area contributed by atoms with Crippen molar-refractivity contribution < 1.29 is 9.13 Å². The first-order chi connectivity index (χ1) is 10.2. The maximum Gasteiger partial charge on any atom is 0.167 e. The SMILES string of the molecule is N#Cc1ccc(Oc2ccc(N)c3ccccc23)c(F)c1. The lowest BCUT2D eigenvalue weighted by Gasteiger charge is -2.11. The number of fused-ring (bicyclic) bond motifs is 1. The van der Waals surface area contributed by atoms with Gasteiger partial charge in [-0.15, -0.1) is 0 Å². The number of nitriles is 1. The number of anilines is 1. The van der Waals surface area contributed by atoms with Crippen LogP contribution in [0.25, 0.3) is 10.8 Å². The van der Waals surface area contributed by atoms with Crippen LogP contribution in [-0.4, -0.2) is 0 Å². The summed E-state index contributed by atoms with van der Waals surface area (Å²) in [6, 6.07) is 16.9. The molecule has 0 spiro atoms. The number of nitrogens with two attached hydrogens (primary N) is 1. The number of rotatable bonds is 2. The van der Waals surface area contributed by atoms with E-state index in [0.29, 0.717) is 11.4 Å². The van der Waals surface area contributed by atoms with E-state index in [1.807, 2.05) is 30.3 Å². The molecule has 0 aliphatic heterocycles. The summed E-state index contributed by atoms with van der Waals surface area (Å²) in [5.41, 5.74) is 6.81. The highest BCUT2D eigenvalue weighted by Crippen LogP contribution is 2.34. The first-order valence-corrected chi connectivity index (χ1v) is 6.34. The zero-order valence-electron chi connectivity index (χ0n) is 11.0. The van der Waals surface area contributed by atoms with Crippen molar-refractivity contribution in [2.75, 3.05) is 5.73 Å². The summed E-state index contributed by atoms with van der Waals surface area (Å²) in [6.45, 7) is 0. The topological polar surface area (TPSA) is 59.0 Å². The molecule has 0 bridgehead atoms. The lowest BCUT2D eigenvalue weighted by Crippen LogP contribution is -1.93. The second kappa shape index (κ2) is 5.14. The minimum Gasteiger partial charge on any atom is -0.454 e. The van der Waals surface area contributed by atoms with Gasteiger partial charge in [0.15, 0.2) is 11.6 Å². The molecule has 3 nitrogen and oxygen atoms in total. The van der Waals surface area contributed by atoms with Gasteiger partial charge in [-0.05, 0) is 30.3 Å². The number of ether oxygens (including phenoxy) is 1. The summed E-state index contributed by atoms with van der Waals surface area (Å²) < 4.78 is 19.5. The van der Waals surface area contributed by atoms with Crippen molar-refractivity contribution in [2.24, 2.45) is 0 Å². The Morgan fingerprint density at radius 2 is 1.67 bits per heavy atom. The maximum atomic E-state index is 13.9. The maximum absolute atomic E-state index is 13.9. The number of benzene rings is 3. The lowest BCUT2D eigenvalue weighted by molar-refractivity contribution is 0.446. The van der Waals surface area contributed by atoms with E-state index in [9.17, 15) is 4.39 Å². The number of nitrogen functional groups attached to an aromatic ring is 1. The van der Waals surface area contributed by atoms with Gasteiger partial charge in [-0.2, -0.15) is 5.26 Å². The molecule has 0 atom stereocenters. The summed E-state index contributed by atoms with van der Waals surface area (Å²) in [5.74, 6) is 0.0160. The number of nitrogens with zero attached hydrogens (tertiary/aromatic N) is 1. The van der Waals surface area contributed by atoms with E-state index in [1.54, 1.807) is 12.1 Å². The molecule has 3 aromatic rings. The van der Waals surface area contributed by atoms with Gasteiger partial charge in [-0.25, -0.2) is 4.39 Å². The van der Waals surface area contributed by atoms with Crippen LogP contribution in [-0.2, 0) is 0 Å². The van der Waals surface area contributed by atoms with Gasteiger partial charge in [0.25, 0.3) is 0 Å². The molecule has 0 aromatic heterocycles. The van der Waals surface area contributed by atoms with Gasteiger partial charge in [0.05, 0.1) is 11.6 Å². The number of hydrogen-bond donors (Lipinski definition) is 1.